The average molecular weight is 334 g/mol. The van der Waals surface area contributed by atoms with Gasteiger partial charge in [-0.1, -0.05) is 18.0 Å². The number of nitrogens with one attached hydrogen (secondary N) is 1. The van der Waals surface area contributed by atoms with Crippen LogP contribution in [0.4, 0.5) is 0 Å². The topological polar surface area (TPSA) is 46.2 Å². The lowest BCUT2D eigenvalue weighted by Gasteiger charge is -2.28. The van der Waals surface area contributed by atoms with Gasteiger partial charge < -0.3 is 5.32 Å². The highest BCUT2D eigenvalue weighted by molar-refractivity contribution is 6.30. The van der Waals surface area contributed by atoms with Gasteiger partial charge >= 0.3 is 0 Å². The molecule has 1 amide bonds. The van der Waals surface area contributed by atoms with Gasteiger partial charge in [-0.2, -0.15) is 0 Å². The van der Waals surface area contributed by atoms with E-state index in [1.807, 2.05) is 0 Å². The van der Waals surface area contributed by atoms with Crippen LogP contribution >= 0.6 is 11.6 Å². The number of fused-ring (bicyclic) bond motifs is 2. The summed E-state index contributed by atoms with van der Waals surface area (Å²) in [6, 6.07) is 7.04. The number of benzene rings is 1. The van der Waals surface area contributed by atoms with Crippen molar-refractivity contribution in [1.82, 2.24) is 5.32 Å². The van der Waals surface area contributed by atoms with Crippen molar-refractivity contribution < 1.29 is 9.59 Å². The van der Waals surface area contributed by atoms with Gasteiger partial charge in [0, 0.05) is 29.5 Å². The van der Waals surface area contributed by atoms with Gasteiger partial charge in [0.05, 0.1) is 0 Å². The van der Waals surface area contributed by atoms with E-state index in [2.05, 4.69) is 12.2 Å². The Morgan fingerprint density at radius 2 is 1.91 bits per heavy atom. The molecule has 0 aromatic heterocycles. The predicted molar refractivity (Wildman–Crippen MR) is 91.6 cm³/mol. The van der Waals surface area contributed by atoms with Gasteiger partial charge in [0.15, 0.2) is 5.78 Å². The molecule has 2 saturated carbocycles. The summed E-state index contributed by atoms with van der Waals surface area (Å²) in [6.07, 6.45) is 5.81. The molecule has 2 aliphatic carbocycles. The Morgan fingerprint density at radius 1 is 1.17 bits per heavy atom. The first kappa shape index (κ1) is 16.5. The highest BCUT2D eigenvalue weighted by Gasteiger charge is 2.42. The van der Waals surface area contributed by atoms with Crippen LogP contribution in [-0.4, -0.2) is 17.7 Å². The minimum atomic E-state index is -0.0115. The van der Waals surface area contributed by atoms with Crippen molar-refractivity contribution in [2.45, 2.75) is 51.5 Å². The van der Waals surface area contributed by atoms with E-state index >= 15 is 0 Å². The van der Waals surface area contributed by atoms with Gasteiger partial charge in [-0.15, -0.1) is 0 Å². The molecule has 3 rings (SSSR count). The van der Waals surface area contributed by atoms with Crippen molar-refractivity contribution in [2.75, 3.05) is 0 Å². The smallest absolute Gasteiger partial charge is 0.220 e. The number of hydrogen-bond donors (Lipinski definition) is 1. The zero-order chi connectivity index (χ0) is 16.4. The van der Waals surface area contributed by atoms with E-state index in [1.165, 1.54) is 25.7 Å². The van der Waals surface area contributed by atoms with Crippen molar-refractivity contribution in [2.24, 2.45) is 17.8 Å². The lowest BCUT2D eigenvalue weighted by Crippen LogP contribution is -2.40. The van der Waals surface area contributed by atoms with Gasteiger partial charge in [-0.25, -0.2) is 0 Å². The molecule has 124 valence electrons. The summed E-state index contributed by atoms with van der Waals surface area (Å²) in [7, 11) is 0. The highest BCUT2D eigenvalue weighted by Crippen LogP contribution is 2.49. The SMILES string of the molecule is C[C@H](NC(=O)CCC(=O)c1ccc(Cl)cc1)[C@H]1C[C@H]2CC[C@H]1C2. The van der Waals surface area contributed by atoms with E-state index in [4.69, 9.17) is 11.6 Å². The third kappa shape index (κ3) is 3.95. The fraction of sp³-hybridized carbons (Fsp3) is 0.579. The first-order valence-electron chi connectivity index (χ1n) is 8.61. The first-order valence-corrected chi connectivity index (χ1v) is 8.99. The maximum Gasteiger partial charge on any atom is 0.220 e. The van der Waals surface area contributed by atoms with Crippen LogP contribution in [0.25, 0.3) is 0 Å². The number of carbonyl (C=O) groups excluding carboxylic acids is 2. The van der Waals surface area contributed by atoms with Crippen LogP contribution in [0.15, 0.2) is 24.3 Å². The number of Topliss-reactive ketones (excluding diaryl/α,β-unsaturated/α-hetero) is 1. The van der Waals surface area contributed by atoms with E-state index in [0.717, 1.165) is 11.8 Å². The molecule has 1 aromatic carbocycles. The van der Waals surface area contributed by atoms with Crippen LogP contribution in [0, 0.1) is 17.8 Å². The van der Waals surface area contributed by atoms with Crippen molar-refractivity contribution in [3.63, 3.8) is 0 Å². The first-order chi connectivity index (χ1) is 11.0. The van der Waals surface area contributed by atoms with Crippen molar-refractivity contribution in [3.8, 4) is 0 Å². The Balaban J connectivity index is 1.44. The van der Waals surface area contributed by atoms with E-state index in [1.54, 1.807) is 24.3 Å². The Bertz CT molecular complexity index is 584. The lowest BCUT2D eigenvalue weighted by molar-refractivity contribution is -0.122. The summed E-state index contributed by atoms with van der Waals surface area (Å²) in [5.74, 6) is 2.29. The molecule has 1 aromatic rings. The third-order valence-electron chi connectivity index (χ3n) is 5.57. The van der Waals surface area contributed by atoms with Gasteiger partial charge in [-0.05, 0) is 68.2 Å². The van der Waals surface area contributed by atoms with E-state index in [0.29, 0.717) is 16.5 Å². The maximum atomic E-state index is 12.1. The second-order valence-electron chi connectivity index (χ2n) is 7.12. The second-order valence-corrected chi connectivity index (χ2v) is 7.56. The molecule has 0 aliphatic heterocycles. The molecule has 23 heavy (non-hydrogen) atoms. The largest absolute Gasteiger partial charge is 0.353 e. The third-order valence-corrected chi connectivity index (χ3v) is 5.82. The Hall–Kier alpha value is -1.35. The van der Waals surface area contributed by atoms with Gasteiger partial charge in [0.2, 0.25) is 5.91 Å². The second kappa shape index (κ2) is 7.04. The van der Waals surface area contributed by atoms with Crippen LogP contribution in [0.2, 0.25) is 5.02 Å². The normalized spacial score (nSPS) is 27.0. The standard InChI is InChI=1S/C19H24ClNO2/c1-12(17-11-13-2-3-15(17)10-13)21-19(23)9-8-18(22)14-4-6-16(20)7-5-14/h4-7,12-13,15,17H,2-3,8-11H2,1H3,(H,21,23)/t12-,13-,15-,17+/m0/s1. The monoisotopic (exact) mass is 333 g/mol. The Kier molecular flexibility index (Phi) is 5.05. The minimum Gasteiger partial charge on any atom is -0.353 e. The number of rotatable bonds is 6. The Labute approximate surface area is 142 Å². The summed E-state index contributed by atoms with van der Waals surface area (Å²) in [6.45, 7) is 2.12. The molecule has 0 saturated heterocycles. The van der Waals surface area contributed by atoms with Crippen LogP contribution < -0.4 is 5.32 Å². The predicted octanol–water partition coefficient (Wildman–Crippen LogP) is 4.24. The minimum absolute atomic E-state index is 0.00982. The van der Waals surface area contributed by atoms with Crippen molar-refractivity contribution in [1.29, 1.82) is 0 Å². The summed E-state index contributed by atoms with van der Waals surface area (Å²) in [4.78, 5) is 24.2. The summed E-state index contributed by atoms with van der Waals surface area (Å²) < 4.78 is 0. The van der Waals surface area contributed by atoms with E-state index in [9.17, 15) is 9.59 Å². The molecule has 4 heteroatoms. The van der Waals surface area contributed by atoms with Crippen LogP contribution in [0.3, 0.4) is 0 Å². The number of carbonyl (C=O) groups is 2. The highest BCUT2D eigenvalue weighted by atomic mass is 35.5. The number of amides is 1. The molecule has 0 spiro atoms. The molecule has 4 atom stereocenters. The summed E-state index contributed by atoms with van der Waals surface area (Å²) in [5.41, 5.74) is 0.614. The van der Waals surface area contributed by atoms with Crippen molar-refractivity contribution >= 4 is 23.3 Å². The number of halogens is 1. The molecule has 3 nitrogen and oxygen atoms in total. The lowest BCUT2D eigenvalue weighted by atomic mass is 9.84. The van der Waals surface area contributed by atoms with Gasteiger partial charge in [0.1, 0.15) is 0 Å². The molecule has 2 bridgehead atoms. The van der Waals surface area contributed by atoms with Crippen molar-refractivity contribution in [3.05, 3.63) is 34.9 Å². The molecule has 0 radical (unpaired) electrons. The van der Waals surface area contributed by atoms with Gasteiger partial charge in [0.25, 0.3) is 0 Å². The molecular weight excluding hydrogens is 310 g/mol. The number of hydrogen-bond acceptors (Lipinski definition) is 2. The fourth-order valence-corrected chi connectivity index (χ4v) is 4.47. The zero-order valence-corrected chi connectivity index (χ0v) is 14.3. The summed E-state index contributed by atoms with van der Waals surface area (Å²) >= 11 is 5.81. The Morgan fingerprint density at radius 3 is 2.52 bits per heavy atom. The summed E-state index contributed by atoms with van der Waals surface area (Å²) in [5, 5.41) is 3.72. The molecule has 0 heterocycles. The fourth-order valence-electron chi connectivity index (χ4n) is 4.35. The molecular formula is C19H24ClNO2. The number of ketones is 1. The van der Waals surface area contributed by atoms with Crippen LogP contribution in [0.5, 0.6) is 0 Å². The molecule has 2 fully saturated rings. The van der Waals surface area contributed by atoms with Crippen LogP contribution in [0.1, 0.15) is 55.8 Å². The average Bonchev–Trinajstić information content (AvgIpc) is 3.16. The zero-order valence-electron chi connectivity index (χ0n) is 13.6. The van der Waals surface area contributed by atoms with E-state index in [-0.39, 0.29) is 30.6 Å². The van der Waals surface area contributed by atoms with Crippen LogP contribution in [-0.2, 0) is 4.79 Å². The van der Waals surface area contributed by atoms with Gasteiger partial charge in [-0.3, -0.25) is 9.59 Å². The molecule has 1 N–H and O–H groups in total. The maximum absolute atomic E-state index is 12.1. The quantitative estimate of drug-likeness (QED) is 0.791. The molecule has 0 unspecified atom stereocenters. The van der Waals surface area contributed by atoms with E-state index < -0.39 is 0 Å². The molecule has 2 aliphatic rings.